The molecule has 2 N–H and O–H groups in total. The molecule has 26 heavy (non-hydrogen) atoms. The van der Waals surface area contributed by atoms with Crippen molar-refractivity contribution < 1.29 is 14.4 Å². The summed E-state index contributed by atoms with van der Waals surface area (Å²) in [7, 11) is 3.00. The van der Waals surface area contributed by atoms with Crippen LogP contribution in [-0.4, -0.2) is 38.7 Å². The van der Waals surface area contributed by atoms with E-state index < -0.39 is 4.92 Å². The number of ether oxygens (including phenoxy) is 2. The normalized spacial score (nSPS) is 10.6. The first-order chi connectivity index (χ1) is 12.2. The highest BCUT2D eigenvalue weighted by Crippen LogP contribution is 2.26. The van der Waals surface area contributed by atoms with Crippen molar-refractivity contribution in [1.29, 1.82) is 0 Å². The summed E-state index contributed by atoms with van der Waals surface area (Å²) in [6.07, 6.45) is 2.82. The van der Waals surface area contributed by atoms with E-state index >= 15 is 0 Å². The number of nitrogens with zero attached hydrogens (tertiary/aromatic N) is 5. The first kappa shape index (κ1) is 21.3. The van der Waals surface area contributed by atoms with Crippen LogP contribution in [0.5, 0.6) is 11.8 Å². The molecule has 0 radical (unpaired) electrons. The number of nitrogens with two attached hydrogens (primary N) is 1. The summed E-state index contributed by atoms with van der Waals surface area (Å²) in [6, 6.07) is 0. The van der Waals surface area contributed by atoms with Crippen LogP contribution in [0.15, 0.2) is 12.4 Å². The second-order valence-electron chi connectivity index (χ2n) is 6.56. The minimum absolute atomic E-state index is 0.0897. The van der Waals surface area contributed by atoms with Gasteiger partial charge in [0.1, 0.15) is 11.9 Å². The molecule has 2 heterocycles. The standard InChI is InChI=1S/C8H13N3O3.C8H15N3O/c1-6(2)5-10-8(14-3)7(4-9-10)11(12)13;1-6(2)5-11-8(12-3)7(9)4-10-11/h4,6H,5H2,1-3H3;4,6H,5,9H2,1-3H3. The van der Waals surface area contributed by atoms with E-state index in [2.05, 4.69) is 24.0 Å². The lowest BCUT2D eigenvalue weighted by molar-refractivity contribution is -0.385. The lowest BCUT2D eigenvalue weighted by Crippen LogP contribution is -2.08. The molecule has 0 unspecified atom stereocenters. The van der Waals surface area contributed by atoms with E-state index in [9.17, 15) is 10.1 Å². The number of anilines is 1. The van der Waals surface area contributed by atoms with Gasteiger partial charge in [0.25, 0.3) is 5.88 Å². The maximum Gasteiger partial charge on any atom is 0.350 e. The van der Waals surface area contributed by atoms with E-state index in [1.807, 2.05) is 13.8 Å². The molecule has 0 aliphatic carbocycles. The molecule has 0 bridgehead atoms. The van der Waals surface area contributed by atoms with Gasteiger partial charge in [-0.1, -0.05) is 27.7 Å². The number of nitrogen functional groups attached to an aromatic ring is 1. The number of hydrogen-bond donors (Lipinski definition) is 1. The predicted octanol–water partition coefficient (Wildman–Crippen LogP) is 2.59. The Morgan fingerprint density at radius 3 is 1.92 bits per heavy atom. The molecule has 146 valence electrons. The second-order valence-corrected chi connectivity index (χ2v) is 6.56. The molecule has 0 spiro atoms. The number of methoxy groups -OCH3 is 2. The Kier molecular flexibility index (Phi) is 7.88. The van der Waals surface area contributed by atoms with Crippen LogP contribution in [0.2, 0.25) is 0 Å². The molecule has 10 nitrogen and oxygen atoms in total. The third kappa shape index (κ3) is 5.64. The summed E-state index contributed by atoms with van der Waals surface area (Å²) in [4.78, 5) is 10.1. The van der Waals surface area contributed by atoms with Crippen LogP contribution in [0.3, 0.4) is 0 Å². The molecule has 0 saturated heterocycles. The van der Waals surface area contributed by atoms with Crippen LogP contribution in [0.4, 0.5) is 11.4 Å². The molecule has 0 atom stereocenters. The Bertz CT molecular complexity index is 708. The largest absolute Gasteiger partial charge is 0.480 e. The van der Waals surface area contributed by atoms with Crippen molar-refractivity contribution >= 4 is 11.4 Å². The Morgan fingerprint density at radius 2 is 1.50 bits per heavy atom. The van der Waals surface area contributed by atoms with Gasteiger partial charge in [0.2, 0.25) is 5.88 Å². The number of hydrogen-bond acceptors (Lipinski definition) is 7. The fourth-order valence-corrected chi connectivity index (χ4v) is 2.26. The van der Waals surface area contributed by atoms with Crippen LogP contribution < -0.4 is 15.2 Å². The molecule has 0 aliphatic rings. The van der Waals surface area contributed by atoms with Crippen molar-refractivity contribution in [2.24, 2.45) is 11.8 Å². The van der Waals surface area contributed by atoms with E-state index in [1.165, 1.54) is 18.0 Å². The lowest BCUT2D eigenvalue weighted by Gasteiger charge is -2.08. The van der Waals surface area contributed by atoms with Gasteiger partial charge in [-0.2, -0.15) is 10.2 Å². The molecule has 0 aromatic carbocycles. The third-order valence-corrected chi connectivity index (χ3v) is 3.25. The fraction of sp³-hybridized carbons (Fsp3) is 0.625. The predicted molar refractivity (Wildman–Crippen MR) is 98.3 cm³/mol. The average Bonchev–Trinajstić information content (AvgIpc) is 3.10. The topological polar surface area (TPSA) is 123 Å². The highest BCUT2D eigenvalue weighted by Gasteiger charge is 2.21. The molecule has 10 heteroatoms. The molecular weight excluding hydrogens is 340 g/mol. The minimum Gasteiger partial charge on any atom is -0.480 e. The van der Waals surface area contributed by atoms with Crippen LogP contribution in [-0.2, 0) is 13.1 Å². The summed E-state index contributed by atoms with van der Waals surface area (Å²) < 4.78 is 13.3. The van der Waals surface area contributed by atoms with Crippen molar-refractivity contribution in [2.75, 3.05) is 20.0 Å². The van der Waals surface area contributed by atoms with Gasteiger partial charge < -0.3 is 15.2 Å². The molecule has 2 rings (SSSR count). The van der Waals surface area contributed by atoms with Gasteiger partial charge in [-0.05, 0) is 11.8 Å². The SMILES string of the molecule is COc1c(N)cnn1CC(C)C.COc1c([N+](=O)[O-])cnn1CC(C)C. The fourth-order valence-electron chi connectivity index (χ4n) is 2.26. The van der Waals surface area contributed by atoms with Gasteiger partial charge in [-0.3, -0.25) is 10.1 Å². The number of nitro groups is 1. The maximum atomic E-state index is 10.6. The highest BCUT2D eigenvalue weighted by molar-refractivity contribution is 5.46. The van der Waals surface area contributed by atoms with Crippen molar-refractivity contribution in [3.05, 3.63) is 22.5 Å². The van der Waals surface area contributed by atoms with E-state index in [0.717, 1.165) is 6.54 Å². The van der Waals surface area contributed by atoms with Crippen molar-refractivity contribution in [3.63, 3.8) is 0 Å². The zero-order chi connectivity index (χ0) is 19.9. The quantitative estimate of drug-likeness (QED) is 0.588. The zero-order valence-electron chi connectivity index (χ0n) is 16.2. The Labute approximate surface area is 153 Å². The minimum atomic E-state index is -0.497. The number of rotatable bonds is 7. The monoisotopic (exact) mass is 368 g/mol. The van der Waals surface area contributed by atoms with Gasteiger partial charge >= 0.3 is 5.69 Å². The Morgan fingerprint density at radius 1 is 1.04 bits per heavy atom. The zero-order valence-corrected chi connectivity index (χ0v) is 16.2. The molecule has 2 aromatic rings. The Balaban J connectivity index is 0.000000263. The molecule has 0 saturated carbocycles. The second kappa shape index (κ2) is 9.64. The van der Waals surface area contributed by atoms with Crippen molar-refractivity contribution in [2.45, 2.75) is 40.8 Å². The van der Waals surface area contributed by atoms with E-state index in [-0.39, 0.29) is 11.6 Å². The summed E-state index contributed by atoms with van der Waals surface area (Å²) in [5, 5.41) is 18.5. The molecule has 0 amide bonds. The van der Waals surface area contributed by atoms with Crippen molar-refractivity contribution in [3.8, 4) is 11.8 Å². The number of aromatic nitrogens is 4. The summed E-state index contributed by atoms with van der Waals surface area (Å²) in [6.45, 7) is 9.70. The Hall–Kier alpha value is -2.78. The third-order valence-electron chi connectivity index (χ3n) is 3.25. The summed E-state index contributed by atoms with van der Waals surface area (Å²) in [5.74, 6) is 1.77. The molecule has 0 fully saturated rings. The first-order valence-electron chi connectivity index (χ1n) is 8.30. The van der Waals surface area contributed by atoms with Crippen LogP contribution in [0.25, 0.3) is 0 Å². The van der Waals surface area contributed by atoms with Gasteiger partial charge in [-0.25, -0.2) is 9.36 Å². The van der Waals surface area contributed by atoms with Crippen molar-refractivity contribution in [1.82, 2.24) is 19.6 Å². The van der Waals surface area contributed by atoms with E-state index in [1.54, 1.807) is 18.0 Å². The van der Waals surface area contributed by atoms with E-state index in [4.69, 9.17) is 15.2 Å². The molecular formula is C16H28N6O4. The van der Waals surface area contributed by atoms with Crippen LogP contribution in [0, 0.1) is 22.0 Å². The van der Waals surface area contributed by atoms with Crippen LogP contribution >= 0.6 is 0 Å². The van der Waals surface area contributed by atoms with Gasteiger partial charge in [0.15, 0.2) is 0 Å². The molecule has 0 aliphatic heterocycles. The van der Waals surface area contributed by atoms with Crippen LogP contribution in [0.1, 0.15) is 27.7 Å². The highest BCUT2D eigenvalue weighted by atomic mass is 16.6. The van der Waals surface area contributed by atoms with E-state index in [0.29, 0.717) is 29.9 Å². The lowest BCUT2D eigenvalue weighted by atomic mass is 10.2. The van der Waals surface area contributed by atoms with Gasteiger partial charge in [0, 0.05) is 13.1 Å². The average molecular weight is 368 g/mol. The van der Waals surface area contributed by atoms with Gasteiger partial charge in [0.05, 0.1) is 25.3 Å². The molecule has 2 aromatic heterocycles. The summed E-state index contributed by atoms with van der Waals surface area (Å²) >= 11 is 0. The first-order valence-corrected chi connectivity index (χ1v) is 8.30. The maximum absolute atomic E-state index is 10.6. The summed E-state index contributed by atoms with van der Waals surface area (Å²) in [5.41, 5.74) is 6.13. The smallest absolute Gasteiger partial charge is 0.350 e. The van der Waals surface area contributed by atoms with Gasteiger partial charge in [-0.15, -0.1) is 0 Å².